The van der Waals surface area contributed by atoms with E-state index in [1.807, 2.05) is 0 Å². The fourth-order valence-electron chi connectivity index (χ4n) is 2.86. The first-order valence-electron chi connectivity index (χ1n) is 8.10. The summed E-state index contributed by atoms with van der Waals surface area (Å²) in [4.78, 5) is 13.9. The normalized spacial score (nSPS) is 15.9. The summed E-state index contributed by atoms with van der Waals surface area (Å²) in [6.45, 7) is 2.16. The third-order valence-electron chi connectivity index (χ3n) is 4.36. The van der Waals surface area contributed by atoms with E-state index in [1.165, 1.54) is 46.5 Å². The van der Waals surface area contributed by atoms with Gasteiger partial charge in [-0.25, -0.2) is 17.2 Å². The second kappa shape index (κ2) is 7.13. The number of sulfonamides is 1. The minimum absolute atomic E-state index is 0.0290. The van der Waals surface area contributed by atoms with Crippen LogP contribution >= 0.6 is 0 Å². The SMILES string of the molecule is Cc1cc(S(=O)(=O)N2CCN(C(=O)c3cccc(F)c3)CC2)ccc1F. The molecule has 0 spiro atoms. The summed E-state index contributed by atoms with van der Waals surface area (Å²) in [7, 11) is -3.75. The van der Waals surface area contributed by atoms with Crippen molar-refractivity contribution < 1.29 is 22.0 Å². The molecule has 1 fully saturated rings. The predicted molar refractivity (Wildman–Crippen MR) is 92.2 cm³/mol. The number of carbonyl (C=O) groups excluding carboxylic acids is 1. The summed E-state index contributed by atoms with van der Waals surface area (Å²) < 4.78 is 53.3. The molecule has 26 heavy (non-hydrogen) atoms. The Morgan fingerprint density at radius 2 is 1.69 bits per heavy atom. The van der Waals surface area contributed by atoms with Crippen LogP contribution in [0.5, 0.6) is 0 Å². The van der Waals surface area contributed by atoms with Crippen LogP contribution < -0.4 is 0 Å². The van der Waals surface area contributed by atoms with Crippen LogP contribution in [0, 0.1) is 18.6 Å². The summed E-state index contributed by atoms with van der Waals surface area (Å²) in [6, 6.07) is 9.07. The number of nitrogens with zero attached hydrogens (tertiary/aromatic N) is 2. The molecule has 5 nitrogen and oxygen atoms in total. The molecule has 0 unspecified atom stereocenters. The lowest BCUT2D eigenvalue weighted by Gasteiger charge is -2.34. The number of piperazine rings is 1. The third kappa shape index (κ3) is 3.61. The van der Waals surface area contributed by atoms with Crippen LogP contribution in [0.4, 0.5) is 8.78 Å². The van der Waals surface area contributed by atoms with E-state index in [1.54, 1.807) is 0 Å². The minimum atomic E-state index is -3.75. The average molecular weight is 380 g/mol. The molecule has 0 saturated carbocycles. The molecular weight excluding hydrogens is 362 g/mol. The smallest absolute Gasteiger partial charge is 0.254 e. The van der Waals surface area contributed by atoms with Gasteiger partial charge in [0.2, 0.25) is 10.0 Å². The van der Waals surface area contributed by atoms with Crippen molar-refractivity contribution in [3.05, 3.63) is 65.2 Å². The maximum Gasteiger partial charge on any atom is 0.254 e. The zero-order chi connectivity index (χ0) is 18.9. The fourth-order valence-corrected chi connectivity index (χ4v) is 4.37. The minimum Gasteiger partial charge on any atom is -0.336 e. The van der Waals surface area contributed by atoms with Crippen LogP contribution in [-0.2, 0) is 10.0 Å². The molecule has 2 aromatic rings. The highest BCUT2D eigenvalue weighted by molar-refractivity contribution is 7.89. The van der Waals surface area contributed by atoms with Gasteiger partial charge in [-0.1, -0.05) is 6.07 Å². The maximum atomic E-state index is 13.4. The van der Waals surface area contributed by atoms with E-state index in [0.29, 0.717) is 0 Å². The van der Waals surface area contributed by atoms with Crippen molar-refractivity contribution in [3.63, 3.8) is 0 Å². The highest BCUT2D eigenvalue weighted by Gasteiger charge is 2.30. The van der Waals surface area contributed by atoms with E-state index >= 15 is 0 Å². The van der Waals surface area contributed by atoms with Gasteiger partial charge < -0.3 is 4.90 Å². The predicted octanol–water partition coefficient (Wildman–Crippen LogP) is 2.42. The lowest BCUT2D eigenvalue weighted by molar-refractivity contribution is 0.0697. The van der Waals surface area contributed by atoms with Crippen LogP contribution in [0.3, 0.4) is 0 Å². The van der Waals surface area contributed by atoms with Crippen molar-refractivity contribution in [3.8, 4) is 0 Å². The van der Waals surface area contributed by atoms with Gasteiger partial charge in [0.1, 0.15) is 11.6 Å². The summed E-state index contributed by atoms with van der Waals surface area (Å²) in [5.74, 6) is -1.29. The van der Waals surface area contributed by atoms with E-state index in [2.05, 4.69) is 0 Å². The average Bonchev–Trinajstić information content (AvgIpc) is 2.63. The summed E-state index contributed by atoms with van der Waals surface area (Å²) in [5, 5.41) is 0. The van der Waals surface area contributed by atoms with Gasteiger partial charge in [0.05, 0.1) is 4.90 Å². The van der Waals surface area contributed by atoms with Gasteiger partial charge in [-0.05, 0) is 48.9 Å². The van der Waals surface area contributed by atoms with E-state index in [9.17, 15) is 22.0 Å². The Kier molecular flexibility index (Phi) is 5.06. The molecule has 1 aliphatic heterocycles. The molecule has 3 rings (SSSR count). The molecule has 1 heterocycles. The molecule has 0 bridgehead atoms. The van der Waals surface area contributed by atoms with E-state index < -0.39 is 21.7 Å². The Bertz CT molecular complexity index is 939. The van der Waals surface area contributed by atoms with Crippen LogP contribution in [0.2, 0.25) is 0 Å². The number of benzene rings is 2. The Labute approximate surface area is 150 Å². The monoisotopic (exact) mass is 380 g/mol. The zero-order valence-electron chi connectivity index (χ0n) is 14.2. The van der Waals surface area contributed by atoms with Gasteiger partial charge in [-0.2, -0.15) is 4.31 Å². The molecule has 0 atom stereocenters. The Hall–Kier alpha value is -2.32. The molecule has 1 saturated heterocycles. The molecule has 2 aromatic carbocycles. The highest BCUT2D eigenvalue weighted by atomic mass is 32.2. The van der Waals surface area contributed by atoms with Gasteiger partial charge in [-0.3, -0.25) is 4.79 Å². The van der Waals surface area contributed by atoms with E-state index in [0.717, 1.165) is 12.1 Å². The third-order valence-corrected chi connectivity index (χ3v) is 6.26. The Morgan fingerprint density at radius 3 is 2.31 bits per heavy atom. The Morgan fingerprint density at radius 1 is 1.00 bits per heavy atom. The molecular formula is C18H18F2N2O3S. The van der Waals surface area contributed by atoms with Gasteiger partial charge in [-0.15, -0.1) is 0 Å². The molecule has 0 aromatic heterocycles. The first kappa shape index (κ1) is 18.5. The lowest BCUT2D eigenvalue weighted by atomic mass is 10.2. The van der Waals surface area contributed by atoms with Crippen LogP contribution in [0.25, 0.3) is 0 Å². The van der Waals surface area contributed by atoms with E-state index in [4.69, 9.17) is 0 Å². The van der Waals surface area contributed by atoms with Crippen LogP contribution in [-0.4, -0.2) is 49.7 Å². The molecule has 1 amide bonds. The lowest BCUT2D eigenvalue weighted by Crippen LogP contribution is -2.50. The quantitative estimate of drug-likeness (QED) is 0.822. The van der Waals surface area contributed by atoms with Crippen molar-refractivity contribution in [2.24, 2.45) is 0 Å². The molecule has 138 valence electrons. The van der Waals surface area contributed by atoms with Crippen molar-refractivity contribution in [2.45, 2.75) is 11.8 Å². The number of carbonyl (C=O) groups is 1. The number of amides is 1. The van der Waals surface area contributed by atoms with E-state index in [-0.39, 0.29) is 48.1 Å². The standard InChI is InChI=1S/C18H18F2N2O3S/c1-13-11-16(5-6-17(13)20)26(24,25)22-9-7-21(8-10-22)18(23)14-3-2-4-15(19)12-14/h2-6,11-12H,7-10H2,1H3. The number of rotatable bonds is 3. The van der Waals surface area contributed by atoms with Gasteiger partial charge in [0.15, 0.2) is 0 Å². The first-order chi connectivity index (χ1) is 12.3. The molecule has 0 N–H and O–H groups in total. The molecule has 1 aliphatic rings. The number of halogens is 2. The fraction of sp³-hybridized carbons (Fsp3) is 0.278. The maximum absolute atomic E-state index is 13.4. The van der Waals surface area contributed by atoms with Crippen molar-refractivity contribution >= 4 is 15.9 Å². The molecule has 0 aliphatic carbocycles. The van der Waals surface area contributed by atoms with Crippen molar-refractivity contribution in [1.82, 2.24) is 9.21 Å². The first-order valence-corrected chi connectivity index (χ1v) is 9.54. The van der Waals surface area contributed by atoms with Crippen LogP contribution in [0.15, 0.2) is 47.4 Å². The highest BCUT2D eigenvalue weighted by Crippen LogP contribution is 2.21. The second-order valence-corrected chi connectivity index (χ2v) is 8.06. The zero-order valence-corrected chi connectivity index (χ0v) is 15.0. The van der Waals surface area contributed by atoms with Gasteiger partial charge in [0, 0.05) is 31.7 Å². The number of hydrogen-bond donors (Lipinski definition) is 0. The molecule has 8 heteroatoms. The summed E-state index contributed by atoms with van der Waals surface area (Å²) >= 11 is 0. The Balaban J connectivity index is 1.71. The van der Waals surface area contributed by atoms with Crippen LogP contribution in [0.1, 0.15) is 15.9 Å². The van der Waals surface area contributed by atoms with Crippen molar-refractivity contribution in [2.75, 3.05) is 26.2 Å². The summed E-state index contributed by atoms with van der Waals surface area (Å²) in [6.07, 6.45) is 0. The second-order valence-electron chi connectivity index (χ2n) is 6.12. The number of aryl methyl sites for hydroxylation is 1. The topological polar surface area (TPSA) is 57.7 Å². The molecule has 0 radical (unpaired) electrons. The largest absolute Gasteiger partial charge is 0.336 e. The summed E-state index contributed by atoms with van der Waals surface area (Å²) in [5.41, 5.74) is 0.487. The van der Waals surface area contributed by atoms with Crippen molar-refractivity contribution in [1.29, 1.82) is 0 Å². The van der Waals surface area contributed by atoms with Gasteiger partial charge >= 0.3 is 0 Å². The van der Waals surface area contributed by atoms with Gasteiger partial charge in [0.25, 0.3) is 5.91 Å². The number of hydrogen-bond acceptors (Lipinski definition) is 3.